The normalized spacial score (nSPS) is 15.9. The number of hydrogen-bond acceptors (Lipinski definition) is 1. The molecule has 1 heteroatoms. The van der Waals surface area contributed by atoms with Gasteiger partial charge in [-0.1, -0.05) is 60.7 Å². The topological polar surface area (TPSA) is 12.0 Å². The first-order valence-corrected chi connectivity index (χ1v) is 7.40. The van der Waals surface area contributed by atoms with E-state index in [1.54, 1.807) is 0 Å². The summed E-state index contributed by atoms with van der Waals surface area (Å²) in [4.78, 5) is 0. The largest absolute Gasteiger partial charge is 0.309 e. The maximum atomic E-state index is 3.41. The lowest BCUT2D eigenvalue weighted by atomic mass is 9.96. The Labute approximate surface area is 121 Å². The summed E-state index contributed by atoms with van der Waals surface area (Å²) >= 11 is 0. The molecule has 102 valence electrons. The number of benzene rings is 2. The molecular weight excluding hydrogens is 242 g/mol. The quantitative estimate of drug-likeness (QED) is 0.852. The van der Waals surface area contributed by atoms with Crippen LogP contribution < -0.4 is 5.32 Å². The maximum absolute atomic E-state index is 3.41. The smallest absolute Gasteiger partial charge is 0.0574 e. The zero-order valence-electron chi connectivity index (χ0n) is 12.0. The van der Waals surface area contributed by atoms with Gasteiger partial charge in [-0.2, -0.15) is 0 Å². The molecular formula is C19H21N. The van der Waals surface area contributed by atoms with Crippen molar-refractivity contribution < 1.29 is 0 Å². The van der Waals surface area contributed by atoms with Gasteiger partial charge in [0, 0.05) is 0 Å². The van der Waals surface area contributed by atoms with Gasteiger partial charge >= 0.3 is 0 Å². The molecule has 1 N–H and O–H groups in total. The molecule has 0 heterocycles. The zero-order valence-corrected chi connectivity index (χ0v) is 12.0. The minimum absolute atomic E-state index is 0.266. The predicted molar refractivity (Wildman–Crippen MR) is 85.6 cm³/mol. The lowest BCUT2D eigenvalue weighted by Gasteiger charge is -2.17. The summed E-state index contributed by atoms with van der Waals surface area (Å²) in [6.07, 6.45) is 6.15. The van der Waals surface area contributed by atoms with Crippen molar-refractivity contribution in [1.82, 2.24) is 5.32 Å². The molecule has 0 saturated heterocycles. The van der Waals surface area contributed by atoms with Crippen molar-refractivity contribution in [2.45, 2.75) is 25.3 Å². The average Bonchev–Trinajstić information content (AvgIpc) is 3.04. The van der Waals surface area contributed by atoms with Crippen molar-refractivity contribution in [2.24, 2.45) is 0 Å². The Bertz CT molecular complexity index is 581. The summed E-state index contributed by atoms with van der Waals surface area (Å²) in [7, 11) is 2.02. The van der Waals surface area contributed by atoms with Crippen molar-refractivity contribution in [1.29, 1.82) is 0 Å². The zero-order chi connectivity index (χ0) is 13.8. The van der Waals surface area contributed by atoms with Crippen LogP contribution in [0, 0.1) is 0 Å². The van der Waals surface area contributed by atoms with Crippen LogP contribution in [-0.2, 0) is 0 Å². The van der Waals surface area contributed by atoms with E-state index in [0.29, 0.717) is 0 Å². The molecule has 0 saturated carbocycles. The van der Waals surface area contributed by atoms with Gasteiger partial charge in [-0.05, 0) is 48.6 Å². The highest BCUT2D eigenvalue weighted by Gasteiger charge is 2.12. The minimum Gasteiger partial charge on any atom is -0.309 e. The van der Waals surface area contributed by atoms with Crippen LogP contribution in [0.5, 0.6) is 0 Å². The van der Waals surface area contributed by atoms with Crippen molar-refractivity contribution in [3.8, 4) is 0 Å². The number of nitrogens with one attached hydrogen (secondary N) is 1. The Hall–Kier alpha value is -1.86. The van der Waals surface area contributed by atoms with E-state index in [9.17, 15) is 0 Å². The molecule has 1 unspecified atom stereocenters. The van der Waals surface area contributed by atoms with Gasteiger partial charge < -0.3 is 5.32 Å². The molecule has 0 bridgehead atoms. The Kier molecular flexibility index (Phi) is 3.98. The van der Waals surface area contributed by atoms with E-state index < -0.39 is 0 Å². The lowest BCUT2D eigenvalue weighted by molar-refractivity contribution is 0.692. The van der Waals surface area contributed by atoms with E-state index in [0.717, 1.165) is 0 Å². The van der Waals surface area contributed by atoms with Crippen LogP contribution in [0.25, 0.3) is 5.57 Å². The highest BCUT2D eigenvalue weighted by atomic mass is 14.9. The van der Waals surface area contributed by atoms with Gasteiger partial charge in [-0.25, -0.2) is 0 Å². The van der Waals surface area contributed by atoms with Crippen molar-refractivity contribution in [3.05, 3.63) is 77.4 Å². The first-order valence-electron chi connectivity index (χ1n) is 7.40. The number of allylic oxidation sites excluding steroid dienone is 2. The molecule has 2 aromatic carbocycles. The Morgan fingerprint density at radius 3 is 2.20 bits per heavy atom. The van der Waals surface area contributed by atoms with Crippen LogP contribution >= 0.6 is 0 Å². The van der Waals surface area contributed by atoms with Crippen molar-refractivity contribution in [2.75, 3.05) is 7.05 Å². The molecule has 20 heavy (non-hydrogen) atoms. The average molecular weight is 263 g/mol. The Morgan fingerprint density at radius 1 is 0.900 bits per heavy atom. The monoisotopic (exact) mass is 263 g/mol. The van der Waals surface area contributed by atoms with Gasteiger partial charge in [-0.15, -0.1) is 0 Å². The van der Waals surface area contributed by atoms with E-state index in [2.05, 4.69) is 66.0 Å². The van der Waals surface area contributed by atoms with E-state index in [1.165, 1.54) is 41.5 Å². The third kappa shape index (κ3) is 2.68. The minimum atomic E-state index is 0.266. The fraction of sp³-hybridized carbons (Fsp3) is 0.263. The fourth-order valence-electron chi connectivity index (χ4n) is 2.99. The third-order valence-electron chi connectivity index (χ3n) is 4.08. The molecule has 1 nitrogen and oxygen atoms in total. The molecule has 2 aromatic rings. The van der Waals surface area contributed by atoms with Crippen LogP contribution in [0.3, 0.4) is 0 Å². The van der Waals surface area contributed by atoms with E-state index in [1.807, 2.05) is 7.05 Å². The van der Waals surface area contributed by atoms with E-state index >= 15 is 0 Å². The third-order valence-corrected chi connectivity index (χ3v) is 4.08. The first kappa shape index (κ1) is 13.1. The summed E-state index contributed by atoms with van der Waals surface area (Å²) in [6, 6.07) is 19.9. The second kappa shape index (κ2) is 6.06. The molecule has 1 atom stereocenters. The standard InChI is InChI=1S/C19H21N/c1-20-19(17-9-3-2-4-10-17)18-13-11-16(12-14-18)15-7-5-6-8-15/h2-4,7,9-14,19-20H,5-6,8H2,1H3. The van der Waals surface area contributed by atoms with Crippen molar-refractivity contribution in [3.63, 3.8) is 0 Å². The molecule has 1 aliphatic rings. The summed E-state index contributed by atoms with van der Waals surface area (Å²) in [5, 5.41) is 3.41. The molecule has 1 aliphatic carbocycles. The number of hydrogen-bond donors (Lipinski definition) is 1. The SMILES string of the molecule is CNC(c1ccccc1)c1ccc(C2=CCCC2)cc1. The van der Waals surface area contributed by atoms with Gasteiger partial charge in [0.15, 0.2) is 0 Å². The maximum Gasteiger partial charge on any atom is 0.0574 e. The molecule has 3 rings (SSSR count). The summed E-state index contributed by atoms with van der Waals surface area (Å²) in [5.74, 6) is 0. The Balaban J connectivity index is 1.86. The van der Waals surface area contributed by atoms with Crippen LogP contribution in [-0.4, -0.2) is 7.05 Å². The van der Waals surface area contributed by atoms with Crippen LogP contribution in [0.2, 0.25) is 0 Å². The molecule has 0 radical (unpaired) electrons. The molecule has 0 aliphatic heterocycles. The van der Waals surface area contributed by atoms with Gasteiger partial charge in [-0.3, -0.25) is 0 Å². The first-order chi connectivity index (χ1) is 9.88. The Morgan fingerprint density at radius 2 is 1.60 bits per heavy atom. The molecule has 0 fully saturated rings. The van der Waals surface area contributed by atoms with Crippen LogP contribution in [0.1, 0.15) is 42.0 Å². The van der Waals surface area contributed by atoms with Gasteiger partial charge in [0.2, 0.25) is 0 Å². The van der Waals surface area contributed by atoms with E-state index in [-0.39, 0.29) is 6.04 Å². The van der Waals surface area contributed by atoms with Crippen molar-refractivity contribution >= 4 is 5.57 Å². The molecule has 0 amide bonds. The fourth-order valence-corrected chi connectivity index (χ4v) is 2.99. The predicted octanol–water partition coefficient (Wildman–Crippen LogP) is 4.56. The summed E-state index contributed by atoms with van der Waals surface area (Å²) in [5.41, 5.74) is 5.52. The highest BCUT2D eigenvalue weighted by molar-refractivity contribution is 5.67. The van der Waals surface area contributed by atoms with Crippen LogP contribution in [0.4, 0.5) is 0 Å². The van der Waals surface area contributed by atoms with Crippen LogP contribution in [0.15, 0.2) is 60.7 Å². The highest BCUT2D eigenvalue weighted by Crippen LogP contribution is 2.29. The second-order valence-corrected chi connectivity index (χ2v) is 5.38. The molecule has 0 aromatic heterocycles. The van der Waals surface area contributed by atoms with Gasteiger partial charge in [0.1, 0.15) is 0 Å². The number of rotatable bonds is 4. The lowest BCUT2D eigenvalue weighted by Crippen LogP contribution is -2.17. The van der Waals surface area contributed by atoms with Gasteiger partial charge in [0.25, 0.3) is 0 Å². The van der Waals surface area contributed by atoms with Gasteiger partial charge in [0.05, 0.1) is 6.04 Å². The summed E-state index contributed by atoms with van der Waals surface area (Å²) < 4.78 is 0. The molecule has 0 spiro atoms. The summed E-state index contributed by atoms with van der Waals surface area (Å²) in [6.45, 7) is 0. The van der Waals surface area contributed by atoms with E-state index in [4.69, 9.17) is 0 Å². The second-order valence-electron chi connectivity index (χ2n) is 5.38.